The second-order valence-electron chi connectivity index (χ2n) is 5.33. The van der Waals surface area contributed by atoms with Crippen molar-refractivity contribution in [2.24, 2.45) is 10.7 Å². The molecular formula is C17H14N6O3. The van der Waals surface area contributed by atoms with Crippen LogP contribution in [0.5, 0.6) is 0 Å². The highest BCUT2D eigenvalue weighted by atomic mass is 16.4. The number of amidine groups is 1. The van der Waals surface area contributed by atoms with Crippen molar-refractivity contribution < 1.29 is 14.7 Å². The van der Waals surface area contributed by atoms with E-state index in [1.54, 1.807) is 30.3 Å². The Morgan fingerprint density at radius 2 is 1.81 bits per heavy atom. The van der Waals surface area contributed by atoms with Gasteiger partial charge in [-0.3, -0.25) is 4.79 Å². The summed E-state index contributed by atoms with van der Waals surface area (Å²) in [6, 6.07) is 11.5. The molecule has 26 heavy (non-hydrogen) atoms. The fourth-order valence-corrected chi connectivity index (χ4v) is 2.35. The van der Waals surface area contributed by atoms with Crippen molar-refractivity contribution in [1.29, 1.82) is 0 Å². The first kappa shape index (κ1) is 16.8. The molecule has 0 spiro atoms. The molecule has 0 aliphatic heterocycles. The van der Waals surface area contributed by atoms with E-state index in [2.05, 4.69) is 20.4 Å². The van der Waals surface area contributed by atoms with Gasteiger partial charge >= 0.3 is 5.97 Å². The Morgan fingerprint density at radius 1 is 1.12 bits per heavy atom. The lowest BCUT2D eigenvalue weighted by Gasteiger charge is -2.09. The molecule has 0 aliphatic carbocycles. The van der Waals surface area contributed by atoms with Crippen LogP contribution in [-0.4, -0.2) is 38.6 Å². The summed E-state index contributed by atoms with van der Waals surface area (Å²) in [5.41, 5.74) is 14.8. The number of aromatic carboxylic acids is 1. The number of aromatic nitrogens is 3. The molecule has 2 aromatic carbocycles. The molecule has 1 heterocycles. The second kappa shape index (κ2) is 6.85. The van der Waals surface area contributed by atoms with E-state index in [-0.39, 0.29) is 22.9 Å². The standard InChI is InChI=1S/C17H14N6O3/c18-13-7-11(15(19)20-16-14(8-24)21-23-22-16)5-6-12(13)9-1-3-10(4-2-9)17(25)26/h1-8H,18H2,(H,25,26)(H3,19,20,21,22,23). The molecule has 0 saturated heterocycles. The van der Waals surface area contributed by atoms with Crippen LogP contribution < -0.4 is 11.5 Å². The van der Waals surface area contributed by atoms with E-state index in [4.69, 9.17) is 16.6 Å². The van der Waals surface area contributed by atoms with Crippen LogP contribution in [0.3, 0.4) is 0 Å². The number of anilines is 1. The Labute approximate surface area is 147 Å². The third-order valence-electron chi connectivity index (χ3n) is 3.68. The maximum Gasteiger partial charge on any atom is 0.335 e. The Kier molecular flexibility index (Phi) is 4.44. The zero-order chi connectivity index (χ0) is 18.7. The largest absolute Gasteiger partial charge is 0.478 e. The second-order valence-corrected chi connectivity index (χ2v) is 5.33. The lowest BCUT2D eigenvalue weighted by molar-refractivity contribution is 0.0696. The maximum absolute atomic E-state index is 10.9. The summed E-state index contributed by atoms with van der Waals surface area (Å²) in [5, 5.41) is 18.6. The van der Waals surface area contributed by atoms with Gasteiger partial charge in [0.2, 0.25) is 5.82 Å². The molecule has 1 aromatic heterocycles. The van der Waals surface area contributed by atoms with Gasteiger partial charge < -0.3 is 16.6 Å². The normalized spacial score (nSPS) is 11.3. The van der Waals surface area contributed by atoms with E-state index < -0.39 is 5.97 Å². The molecule has 0 atom stereocenters. The first-order valence-corrected chi connectivity index (χ1v) is 7.43. The van der Waals surface area contributed by atoms with E-state index in [1.807, 2.05) is 0 Å². The van der Waals surface area contributed by atoms with Gasteiger partial charge in [-0.1, -0.05) is 24.3 Å². The van der Waals surface area contributed by atoms with Crippen molar-refractivity contribution in [3.8, 4) is 11.1 Å². The molecule has 0 fully saturated rings. The number of aldehydes is 1. The Morgan fingerprint density at radius 3 is 2.42 bits per heavy atom. The molecule has 0 saturated carbocycles. The predicted molar refractivity (Wildman–Crippen MR) is 95.4 cm³/mol. The number of rotatable bonds is 5. The molecule has 130 valence electrons. The highest BCUT2D eigenvalue weighted by Gasteiger charge is 2.10. The molecule has 0 amide bonds. The molecule has 0 aliphatic rings. The summed E-state index contributed by atoms with van der Waals surface area (Å²) in [6.07, 6.45) is 0.522. The third kappa shape index (κ3) is 3.26. The van der Waals surface area contributed by atoms with Crippen LogP contribution in [-0.2, 0) is 0 Å². The molecular weight excluding hydrogens is 336 g/mol. The summed E-state index contributed by atoms with van der Waals surface area (Å²) in [7, 11) is 0. The summed E-state index contributed by atoms with van der Waals surface area (Å²) in [5.74, 6) is -0.780. The number of benzene rings is 2. The number of carboxylic acids is 1. The van der Waals surface area contributed by atoms with Crippen LogP contribution in [0.15, 0.2) is 47.5 Å². The molecule has 0 radical (unpaired) electrons. The van der Waals surface area contributed by atoms with Crippen molar-refractivity contribution in [3.63, 3.8) is 0 Å². The van der Waals surface area contributed by atoms with Gasteiger partial charge in [0, 0.05) is 16.8 Å². The fourth-order valence-electron chi connectivity index (χ4n) is 2.35. The average Bonchev–Trinajstić information content (AvgIpc) is 3.08. The molecule has 9 heteroatoms. The van der Waals surface area contributed by atoms with E-state index >= 15 is 0 Å². The minimum absolute atomic E-state index is 0.0519. The number of aromatic amines is 1. The zero-order valence-corrected chi connectivity index (χ0v) is 13.4. The van der Waals surface area contributed by atoms with Gasteiger partial charge in [0.25, 0.3) is 0 Å². The van der Waals surface area contributed by atoms with E-state index in [0.29, 0.717) is 17.5 Å². The number of carboxylic acid groups (broad SMARTS) is 1. The topological polar surface area (TPSA) is 160 Å². The number of hydrogen-bond donors (Lipinski definition) is 4. The number of carbonyl (C=O) groups is 2. The summed E-state index contributed by atoms with van der Waals surface area (Å²) >= 11 is 0. The number of hydrogen-bond acceptors (Lipinski definition) is 6. The maximum atomic E-state index is 10.9. The molecule has 3 aromatic rings. The zero-order valence-electron chi connectivity index (χ0n) is 13.4. The van der Waals surface area contributed by atoms with Crippen LogP contribution in [0.4, 0.5) is 11.5 Å². The highest BCUT2D eigenvalue weighted by Crippen LogP contribution is 2.27. The Hall–Kier alpha value is -4.01. The number of aliphatic imine (C=N–C) groups is 1. The fraction of sp³-hybridized carbons (Fsp3) is 0. The summed E-state index contributed by atoms with van der Waals surface area (Å²) in [4.78, 5) is 25.8. The number of nitrogens with zero attached hydrogens (tertiary/aromatic N) is 3. The van der Waals surface area contributed by atoms with Gasteiger partial charge in [-0.2, -0.15) is 10.3 Å². The number of carbonyl (C=O) groups excluding carboxylic acids is 1. The van der Waals surface area contributed by atoms with Crippen LogP contribution in [0, 0.1) is 0 Å². The van der Waals surface area contributed by atoms with Gasteiger partial charge in [0.15, 0.2) is 12.0 Å². The van der Waals surface area contributed by atoms with Gasteiger partial charge in [-0.15, -0.1) is 5.10 Å². The van der Waals surface area contributed by atoms with Gasteiger partial charge in [0.05, 0.1) is 5.56 Å². The van der Waals surface area contributed by atoms with Gasteiger partial charge in [-0.05, 0) is 23.8 Å². The number of nitrogens with one attached hydrogen (secondary N) is 1. The molecule has 3 rings (SSSR count). The molecule has 0 bridgehead atoms. The van der Waals surface area contributed by atoms with E-state index in [1.165, 1.54) is 12.1 Å². The smallest absolute Gasteiger partial charge is 0.335 e. The van der Waals surface area contributed by atoms with Crippen LogP contribution >= 0.6 is 0 Å². The van der Waals surface area contributed by atoms with Crippen LogP contribution in [0.1, 0.15) is 26.4 Å². The lowest BCUT2D eigenvalue weighted by Crippen LogP contribution is -2.13. The quantitative estimate of drug-likeness (QED) is 0.235. The minimum atomic E-state index is -0.994. The van der Waals surface area contributed by atoms with Gasteiger partial charge in [-0.25, -0.2) is 9.79 Å². The SMILES string of the molecule is NC(=Nc1n[nH]nc1C=O)c1ccc(-c2ccc(C(=O)O)cc2)c(N)c1. The van der Waals surface area contributed by atoms with Crippen molar-refractivity contribution in [2.45, 2.75) is 0 Å². The molecule has 6 N–H and O–H groups in total. The first-order valence-electron chi connectivity index (χ1n) is 7.43. The molecule has 0 unspecified atom stereocenters. The van der Waals surface area contributed by atoms with Crippen molar-refractivity contribution >= 4 is 29.6 Å². The van der Waals surface area contributed by atoms with E-state index in [0.717, 1.165) is 11.1 Å². The third-order valence-corrected chi connectivity index (χ3v) is 3.68. The monoisotopic (exact) mass is 350 g/mol. The van der Waals surface area contributed by atoms with E-state index in [9.17, 15) is 9.59 Å². The highest BCUT2D eigenvalue weighted by molar-refractivity contribution is 6.01. The van der Waals surface area contributed by atoms with Crippen molar-refractivity contribution in [3.05, 3.63) is 59.3 Å². The predicted octanol–water partition coefficient (Wildman–Crippen LogP) is 1.60. The minimum Gasteiger partial charge on any atom is -0.478 e. The van der Waals surface area contributed by atoms with Crippen LogP contribution in [0.25, 0.3) is 11.1 Å². The first-order chi connectivity index (χ1) is 12.5. The summed E-state index contributed by atoms with van der Waals surface area (Å²) < 4.78 is 0. The Bertz CT molecular complexity index is 1010. The molecule has 9 nitrogen and oxygen atoms in total. The van der Waals surface area contributed by atoms with Crippen LogP contribution in [0.2, 0.25) is 0 Å². The Balaban J connectivity index is 1.92. The average molecular weight is 350 g/mol. The number of nitrogens with two attached hydrogens (primary N) is 2. The summed E-state index contributed by atoms with van der Waals surface area (Å²) in [6.45, 7) is 0. The number of H-pyrrole nitrogens is 1. The van der Waals surface area contributed by atoms with Gasteiger partial charge in [0.1, 0.15) is 5.84 Å². The van der Waals surface area contributed by atoms with Crippen molar-refractivity contribution in [2.75, 3.05) is 5.73 Å². The van der Waals surface area contributed by atoms with Crippen molar-refractivity contribution in [1.82, 2.24) is 15.4 Å². The number of nitrogen functional groups attached to an aromatic ring is 1. The lowest BCUT2D eigenvalue weighted by atomic mass is 10.00.